The molecule has 0 bridgehead atoms. The summed E-state index contributed by atoms with van der Waals surface area (Å²) in [5.41, 5.74) is 5.28. The van der Waals surface area contributed by atoms with Gasteiger partial charge in [0, 0.05) is 22.3 Å². The highest BCUT2D eigenvalue weighted by atomic mass is 35.5. The predicted molar refractivity (Wildman–Crippen MR) is 121 cm³/mol. The molecule has 164 valence electrons. The van der Waals surface area contributed by atoms with Gasteiger partial charge in [-0.3, -0.25) is 0 Å². The van der Waals surface area contributed by atoms with E-state index in [0.29, 0.717) is 28.1 Å². The number of nitrogens with zero attached hydrogens (tertiary/aromatic N) is 1. The third-order valence-corrected chi connectivity index (χ3v) is 5.60. The number of allylic oxidation sites excluding steroid dienone is 2. The first-order valence-electron chi connectivity index (χ1n) is 10.3. The van der Waals surface area contributed by atoms with Crippen LogP contribution in [0.1, 0.15) is 50.3 Å². The van der Waals surface area contributed by atoms with Crippen LogP contribution in [0.15, 0.2) is 40.7 Å². The van der Waals surface area contributed by atoms with E-state index < -0.39 is 17.9 Å². The predicted octanol–water partition coefficient (Wildman–Crippen LogP) is 4.87. The smallest absolute Gasteiger partial charge is 0.336 e. The van der Waals surface area contributed by atoms with Crippen molar-refractivity contribution < 1.29 is 19.1 Å². The third-order valence-electron chi connectivity index (χ3n) is 5.30. The number of benzene rings is 1. The molecule has 2 heterocycles. The highest BCUT2D eigenvalue weighted by Gasteiger charge is 2.39. The largest absolute Gasteiger partial charge is 0.463 e. The average Bonchev–Trinajstić information content (AvgIpc) is 2.67. The van der Waals surface area contributed by atoms with Crippen molar-refractivity contribution >= 4 is 34.4 Å². The first kappa shape index (κ1) is 22.8. The lowest BCUT2D eigenvalue weighted by Gasteiger charge is -2.30. The molecule has 0 saturated carbocycles. The van der Waals surface area contributed by atoms with Crippen LogP contribution in [-0.2, 0) is 19.1 Å². The van der Waals surface area contributed by atoms with Crippen molar-refractivity contribution in [1.29, 1.82) is 0 Å². The van der Waals surface area contributed by atoms with Gasteiger partial charge >= 0.3 is 11.9 Å². The van der Waals surface area contributed by atoms with Gasteiger partial charge in [0.1, 0.15) is 5.15 Å². The highest BCUT2D eigenvalue weighted by molar-refractivity contribution is 6.31. The van der Waals surface area contributed by atoms with Crippen LogP contribution in [0.3, 0.4) is 0 Å². The first-order chi connectivity index (χ1) is 14.7. The van der Waals surface area contributed by atoms with Gasteiger partial charge in [-0.05, 0) is 59.2 Å². The fourth-order valence-corrected chi connectivity index (χ4v) is 4.36. The van der Waals surface area contributed by atoms with Crippen molar-refractivity contribution in [3.8, 4) is 0 Å². The number of nitrogens with one attached hydrogen (secondary N) is 1. The van der Waals surface area contributed by atoms with Crippen LogP contribution in [0.5, 0.6) is 0 Å². The van der Waals surface area contributed by atoms with Crippen molar-refractivity contribution in [2.45, 2.75) is 47.5 Å². The molecule has 0 amide bonds. The summed E-state index contributed by atoms with van der Waals surface area (Å²) in [7, 11) is 0. The van der Waals surface area contributed by atoms with Crippen molar-refractivity contribution in [2.75, 3.05) is 13.2 Å². The molecule has 1 N–H and O–H groups in total. The van der Waals surface area contributed by atoms with Gasteiger partial charge in [0.25, 0.3) is 0 Å². The fraction of sp³-hybridized carbons (Fsp3) is 0.375. The minimum Gasteiger partial charge on any atom is -0.463 e. The Kier molecular flexibility index (Phi) is 6.70. The lowest BCUT2D eigenvalue weighted by Crippen LogP contribution is -2.32. The molecule has 0 radical (unpaired) electrons. The summed E-state index contributed by atoms with van der Waals surface area (Å²) in [6.45, 7) is 11.4. The van der Waals surface area contributed by atoms with E-state index in [-0.39, 0.29) is 18.4 Å². The van der Waals surface area contributed by atoms with Crippen LogP contribution >= 0.6 is 11.6 Å². The highest BCUT2D eigenvalue weighted by Crippen LogP contribution is 2.42. The van der Waals surface area contributed by atoms with Crippen LogP contribution < -0.4 is 5.32 Å². The second-order valence-electron chi connectivity index (χ2n) is 7.60. The Hall–Kier alpha value is -2.86. The number of esters is 2. The molecule has 7 heteroatoms. The van der Waals surface area contributed by atoms with Gasteiger partial charge in [0.05, 0.1) is 35.8 Å². The topological polar surface area (TPSA) is 77.5 Å². The van der Waals surface area contributed by atoms with Crippen LogP contribution in [-0.4, -0.2) is 30.1 Å². The minimum atomic E-state index is -0.760. The van der Waals surface area contributed by atoms with Gasteiger partial charge in [-0.15, -0.1) is 0 Å². The molecule has 1 aromatic heterocycles. The van der Waals surface area contributed by atoms with Crippen LogP contribution in [0.4, 0.5) is 0 Å². The SMILES string of the molecule is CCOC(=O)C1=C(C)NC(C)=C(C(=O)OCC)C1c1cc2cc(C)cc(C)c2nc1Cl. The number of halogens is 1. The molecule has 1 aliphatic rings. The van der Waals surface area contributed by atoms with Crippen molar-refractivity contribution in [3.05, 3.63) is 62.6 Å². The van der Waals surface area contributed by atoms with E-state index in [4.69, 9.17) is 21.1 Å². The van der Waals surface area contributed by atoms with E-state index in [1.165, 1.54) is 0 Å². The number of hydrogen-bond donors (Lipinski definition) is 1. The Balaban J connectivity index is 2.31. The quantitative estimate of drug-likeness (QED) is 0.526. The Morgan fingerprint density at radius 1 is 0.968 bits per heavy atom. The Labute approximate surface area is 187 Å². The van der Waals surface area contributed by atoms with E-state index in [2.05, 4.69) is 10.3 Å². The molecule has 0 atom stereocenters. The molecule has 3 rings (SSSR count). The standard InChI is InChI=1S/C24H27ClN2O4/c1-7-30-23(28)18-14(5)26-15(6)19(24(29)31-8-2)20(18)17-11-16-10-12(3)9-13(4)21(16)27-22(17)25/h9-11,20,26H,7-8H2,1-6H3. The lowest BCUT2D eigenvalue weighted by atomic mass is 9.80. The number of rotatable bonds is 5. The molecule has 0 spiro atoms. The van der Waals surface area contributed by atoms with E-state index in [1.54, 1.807) is 27.7 Å². The van der Waals surface area contributed by atoms with E-state index in [1.807, 2.05) is 32.0 Å². The Bertz CT molecular complexity index is 1090. The number of carbonyl (C=O) groups excluding carboxylic acids is 2. The number of aromatic nitrogens is 1. The van der Waals surface area contributed by atoms with Crippen molar-refractivity contribution in [1.82, 2.24) is 10.3 Å². The molecule has 1 aliphatic heterocycles. The monoisotopic (exact) mass is 442 g/mol. The van der Waals surface area contributed by atoms with Gasteiger partial charge in [0.15, 0.2) is 0 Å². The summed E-state index contributed by atoms with van der Waals surface area (Å²) < 4.78 is 10.6. The van der Waals surface area contributed by atoms with Crippen molar-refractivity contribution in [3.63, 3.8) is 0 Å². The number of dihydropyridines is 1. The molecular formula is C24H27ClN2O4. The molecule has 0 saturated heterocycles. The molecule has 1 aromatic carbocycles. The Morgan fingerprint density at radius 3 is 2.03 bits per heavy atom. The van der Waals surface area contributed by atoms with E-state index >= 15 is 0 Å². The second kappa shape index (κ2) is 9.10. The maximum absolute atomic E-state index is 12.9. The zero-order chi connectivity index (χ0) is 22.9. The summed E-state index contributed by atoms with van der Waals surface area (Å²) in [4.78, 5) is 30.5. The number of ether oxygens (including phenoxy) is 2. The fourth-order valence-electron chi connectivity index (χ4n) is 4.11. The average molecular weight is 443 g/mol. The van der Waals surface area contributed by atoms with Crippen LogP contribution in [0.2, 0.25) is 5.15 Å². The lowest BCUT2D eigenvalue weighted by molar-refractivity contribution is -0.139. The number of carbonyl (C=O) groups is 2. The summed E-state index contributed by atoms with van der Waals surface area (Å²) >= 11 is 6.66. The van der Waals surface area contributed by atoms with E-state index in [9.17, 15) is 9.59 Å². The second-order valence-corrected chi connectivity index (χ2v) is 7.96. The molecule has 31 heavy (non-hydrogen) atoms. The zero-order valence-electron chi connectivity index (χ0n) is 18.7. The molecule has 0 fully saturated rings. The van der Waals surface area contributed by atoms with Gasteiger partial charge in [-0.2, -0.15) is 0 Å². The molecular weight excluding hydrogens is 416 g/mol. The zero-order valence-corrected chi connectivity index (χ0v) is 19.4. The van der Waals surface area contributed by atoms with Crippen LogP contribution in [0.25, 0.3) is 10.9 Å². The summed E-state index contributed by atoms with van der Waals surface area (Å²) in [5, 5.41) is 4.24. The van der Waals surface area contributed by atoms with E-state index in [0.717, 1.165) is 22.0 Å². The van der Waals surface area contributed by atoms with Gasteiger partial charge < -0.3 is 14.8 Å². The third kappa shape index (κ3) is 4.30. The number of pyridine rings is 1. The summed E-state index contributed by atoms with van der Waals surface area (Å²) in [5.74, 6) is -1.78. The number of aryl methyl sites for hydroxylation is 2. The van der Waals surface area contributed by atoms with Crippen molar-refractivity contribution in [2.24, 2.45) is 0 Å². The normalized spacial score (nSPS) is 14.7. The van der Waals surface area contributed by atoms with Gasteiger partial charge in [-0.25, -0.2) is 14.6 Å². The van der Waals surface area contributed by atoms with Crippen LogP contribution in [0, 0.1) is 13.8 Å². The number of fused-ring (bicyclic) bond motifs is 1. The maximum atomic E-state index is 12.9. The summed E-state index contributed by atoms with van der Waals surface area (Å²) in [6.07, 6.45) is 0. The Morgan fingerprint density at radius 2 is 1.52 bits per heavy atom. The number of hydrogen-bond acceptors (Lipinski definition) is 6. The minimum absolute atomic E-state index is 0.210. The first-order valence-corrected chi connectivity index (χ1v) is 10.7. The molecule has 0 aliphatic carbocycles. The maximum Gasteiger partial charge on any atom is 0.336 e. The molecule has 6 nitrogen and oxygen atoms in total. The molecule has 0 unspecified atom stereocenters. The van der Waals surface area contributed by atoms with Gasteiger partial charge in [0.2, 0.25) is 0 Å². The molecule has 2 aromatic rings. The van der Waals surface area contributed by atoms with Gasteiger partial charge in [-0.1, -0.05) is 23.2 Å². The summed E-state index contributed by atoms with van der Waals surface area (Å²) in [6, 6.07) is 5.95.